The second-order valence-electron chi connectivity index (χ2n) is 25.9. The highest BCUT2D eigenvalue weighted by Gasteiger charge is 2.42. The van der Waals surface area contributed by atoms with Crippen molar-refractivity contribution < 1.29 is 126 Å². The summed E-state index contributed by atoms with van der Waals surface area (Å²) < 4.78 is 253. The van der Waals surface area contributed by atoms with Gasteiger partial charge in [-0.25, -0.2) is 49.6 Å². The fourth-order valence-electron chi connectivity index (χ4n) is 12.0. The predicted molar refractivity (Wildman–Crippen MR) is 437 cm³/mol. The normalized spacial score (nSPS) is 14.9. The molecule has 0 bridgehead atoms. The quantitative estimate of drug-likeness (QED) is 0.0583. The number of thiophene rings is 4. The lowest BCUT2D eigenvalue weighted by atomic mass is 10.1. The number of sulfonamides is 2. The molecule has 660 valence electrons. The summed E-state index contributed by atoms with van der Waals surface area (Å²) in [6, 6.07) is 26.1. The van der Waals surface area contributed by atoms with Crippen LogP contribution in [0.5, 0.6) is 0 Å². The number of hydrogen-bond acceptors (Lipinski definition) is 21. The molecule has 3 N–H and O–H groups in total. The van der Waals surface area contributed by atoms with Gasteiger partial charge in [0.2, 0.25) is 0 Å². The van der Waals surface area contributed by atoms with Crippen molar-refractivity contribution in [3.8, 4) is 0 Å². The van der Waals surface area contributed by atoms with Crippen molar-refractivity contribution in [2.24, 2.45) is 0 Å². The molecule has 6 aromatic heterocycles. The molecule has 3 amide bonds. The number of carboxylic acids is 2. The first-order valence-corrected chi connectivity index (χ1v) is 42.8. The van der Waals surface area contributed by atoms with Crippen molar-refractivity contribution in [2.75, 3.05) is 78.5 Å². The summed E-state index contributed by atoms with van der Waals surface area (Å²) in [7, 11) is -9.53. The van der Waals surface area contributed by atoms with E-state index in [9.17, 15) is 116 Å². The van der Waals surface area contributed by atoms with Crippen LogP contribution in [0.15, 0.2) is 172 Å². The van der Waals surface area contributed by atoms with Gasteiger partial charge < -0.3 is 30.2 Å². The lowest BCUT2D eigenvalue weighted by Crippen LogP contribution is -2.64. The molecule has 0 unspecified atom stereocenters. The molecule has 12 aromatic rings. The van der Waals surface area contributed by atoms with E-state index in [4.69, 9.17) is 21.8 Å². The topological polar surface area (TPSA) is 268 Å². The number of fused-ring (bicyclic) bond motifs is 4. The van der Waals surface area contributed by atoms with Crippen molar-refractivity contribution in [1.29, 1.82) is 0 Å². The molecule has 6 aromatic carbocycles. The monoisotopic (exact) mass is 1910 g/mol. The average Bonchev–Trinajstić information content (AvgIpc) is 0.793. The number of carboxylic acid groups (broad SMARTS) is 2. The number of carbonyl (C=O) groups is 6. The number of alkyl halides is 12. The summed E-state index contributed by atoms with van der Waals surface area (Å²) >= 11 is 10.5. The Labute approximate surface area is 719 Å². The first-order valence-electron chi connectivity index (χ1n) is 34.5. The van der Waals surface area contributed by atoms with Gasteiger partial charge in [-0.2, -0.15) is 52.7 Å². The van der Waals surface area contributed by atoms with E-state index in [1.165, 1.54) is 76.1 Å². The second kappa shape index (κ2) is 40.5. The van der Waals surface area contributed by atoms with Gasteiger partial charge in [0.15, 0.2) is 27.5 Å². The van der Waals surface area contributed by atoms with E-state index < -0.39 is 126 Å². The molecule has 46 heteroatoms. The highest BCUT2D eigenvalue weighted by molar-refractivity contribution is 8.03. The SMILES string of the molecule is C.C.C.O=C(Cl)c1sc2cc(C(F)(F)F)ccc2c1F.O=C(O)c1cc2ccc(C(F)(F)F)cc2s1.O=C(O)c1sc2cc(C(F)(F)F)ccc2c1F.O=C(c1nccs1)N1CCN(C2CN(C(=O)c3sc4cc(C(F)(F)F)ccc4c3F)C2)CC1.O=C(c1nccs1)N1CCN(C2CNC2)CC1.O=S(=O)(c1ccccc1)N(F)S(=O)(=O)c1ccccc1. The lowest BCUT2D eigenvalue weighted by Gasteiger charge is -2.47. The molecule has 0 spiro atoms. The minimum atomic E-state index is -4.77. The highest BCUT2D eigenvalue weighted by Crippen LogP contribution is 2.42. The number of aromatic nitrogens is 2. The average molecular weight is 1910 g/mol. The van der Waals surface area contributed by atoms with Crippen LogP contribution in [0.25, 0.3) is 40.3 Å². The molecular weight excluding hydrogens is 1840 g/mol. The van der Waals surface area contributed by atoms with Crippen LogP contribution in [0.1, 0.15) is 103 Å². The zero-order chi connectivity index (χ0) is 87.3. The molecule has 21 nitrogen and oxygen atoms in total. The van der Waals surface area contributed by atoms with E-state index in [0.717, 1.165) is 153 Å². The van der Waals surface area contributed by atoms with Gasteiger partial charge in [-0.05, 0) is 114 Å². The van der Waals surface area contributed by atoms with Crippen LogP contribution in [-0.4, -0.2) is 191 Å². The molecule has 123 heavy (non-hydrogen) atoms. The van der Waals surface area contributed by atoms with E-state index in [0.29, 0.717) is 88.1 Å². The van der Waals surface area contributed by atoms with Crippen LogP contribution in [0.4, 0.5) is 70.3 Å². The van der Waals surface area contributed by atoms with E-state index in [1.54, 1.807) is 22.7 Å². The standard InChI is InChI=1S/C21H18F4N4O2S2.C12H10FNO4S2.C11H16N4OS.C10H3ClF4OS.C10H4F4O2S.C10H5F3O2S.3CH4/c22-16-14-2-1-12(21(23,24)25)9-15(14)33-17(16)19(30)29-10-13(11-29)27-4-6-28(7-5-27)20(31)18-26-3-8-32-18;13-14(19(15,16)11-7-3-1-4-8-11)20(17,18)12-9-5-2-6-10-12;16-11(10-13-1-6-17-10)15-4-2-14(3-5-15)9-7-12-8-9;11-9(16)8-7(12)5-2-1-4(10(13,14)15)3-6(5)17-8;11-7-5-2-1-4(10(12,13)14)3-6(5)17-8(7)9(15)16;11-10(12,13)6-2-1-5-3-8(9(14)15)16-7(5)4-6;;;/h1-3,8-9,13H,4-7,10-11H2;1-10H;1,6,9,12H,2-5,7-8H2;1-3H;1-3H,(H,15,16);1-4H,(H,14,15);3*1H4. The first kappa shape index (κ1) is 98.8. The Morgan fingerprint density at radius 2 is 0.797 bits per heavy atom. The summed E-state index contributed by atoms with van der Waals surface area (Å²) in [6.07, 6.45) is -14.7. The molecule has 16 rings (SSSR count). The molecule has 0 radical (unpaired) electrons. The molecule has 0 aliphatic carbocycles. The van der Waals surface area contributed by atoms with Crippen LogP contribution < -0.4 is 5.32 Å². The largest absolute Gasteiger partial charge is 0.477 e. The second-order valence-corrected chi connectivity index (χ2v) is 36.0. The number of nitrogens with one attached hydrogen (secondary N) is 1. The van der Waals surface area contributed by atoms with Gasteiger partial charge >= 0.3 is 36.6 Å². The van der Waals surface area contributed by atoms with Crippen LogP contribution in [0, 0.1) is 17.5 Å². The maximum Gasteiger partial charge on any atom is 0.416 e. The number of benzene rings is 6. The van der Waals surface area contributed by atoms with Gasteiger partial charge in [-0.1, -0.05) is 64.7 Å². The zero-order valence-corrected chi connectivity index (χ0v) is 67.8. The van der Waals surface area contributed by atoms with Gasteiger partial charge in [0.25, 0.3) is 43.0 Å². The number of halogens is 17. The van der Waals surface area contributed by atoms with Crippen molar-refractivity contribution in [3.05, 3.63) is 232 Å². The highest BCUT2D eigenvalue weighted by atomic mass is 35.5. The molecular formula is C77H68ClF16N9O12S8. The summed E-state index contributed by atoms with van der Waals surface area (Å²) in [6.45, 7) is 9.13. The van der Waals surface area contributed by atoms with Crippen LogP contribution >= 0.6 is 79.6 Å². The predicted octanol–water partition coefficient (Wildman–Crippen LogP) is 19.3. The zero-order valence-electron chi connectivity index (χ0n) is 60.5. The van der Waals surface area contributed by atoms with Gasteiger partial charge in [0.1, 0.15) is 19.5 Å². The third kappa shape index (κ3) is 23.3. The molecule has 0 saturated carbocycles. The van der Waals surface area contributed by atoms with Crippen molar-refractivity contribution in [1.82, 2.24) is 43.7 Å². The Morgan fingerprint density at radius 3 is 1.15 bits per heavy atom. The number of piperazine rings is 2. The molecule has 10 heterocycles. The third-order valence-corrected chi connectivity index (χ3v) is 28.3. The smallest absolute Gasteiger partial charge is 0.416 e. The van der Waals surface area contributed by atoms with E-state index in [-0.39, 0.29) is 85.0 Å². The maximum atomic E-state index is 14.7. The Kier molecular flexibility index (Phi) is 32.6. The molecule has 0 atom stereocenters. The fourth-order valence-corrected chi connectivity index (χ4v) is 20.2. The fraction of sp³-hybridized carbons (Fsp3) is 0.273. The van der Waals surface area contributed by atoms with Crippen LogP contribution in [0.3, 0.4) is 0 Å². The number of thiazole rings is 2. The Hall–Kier alpha value is -9.65. The van der Waals surface area contributed by atoms with E-state index >= 15 is 0 Å². The van der Waals surface area contributed by atoms with Gasteiger partial charge in [-0.3, -0.25) is 29.0 Å². The van der Waals surface area contributed by atoms with Crippen LogP contribution in [0.2, 0.25) is 0 Å². The number of amides is 3. The van der Waals surface area contributed by atoms with Crippen molar-refractivity contribution in [3.63, 3.8) is 0 Å². The number of hydrogen-bond donors (Lipinski definition) is 3. The van der Waals surface area contributed by atoms with Gasteiger partial charge in [0.05, 0.1) is 36.0 Å². The first-order chi connectivity index (χ1) is 56.4. The number of carbonyl (C=O) groups excluding carboxylic acids is 4. The summed E-state index contributed by atoms with van der Waals surface area (Å²) in [4.78, 5) is 85.4. The summed E-state index contributed by atoms with van der Waals surface area (Å²) in [5, 5.41) is 24.7. The Balaban J connectivity index is 0.000000187. The molecule has 4 fully saturated rings. The summed E-state index contributed by atoms with van der Waals surface area (Å²) in [5.74, 6) is -5.75. The van der Waals surface area contributed by atoms with Gasteiger partial charge in [0, 0.05) is 149 Å². The minimum absolute atomic E-state index is 0. The Morgan fingerprint density at radius 1 is 0.439 bits per heavy atom. The Bertz CT molecular complexity index is 5800. The van der Waals surface area contributed by atoms with Crippen molar-refractivity contribution in [2.45, 2.75) is 68.9 Å². The third-order valence-electron chi connectivity index (χ3n) is 18.3. The van der Waals surface area contributed by atoms with Crippen molar-refractivity contribution >= 4 is 175 Å². The molecule has 4 aliphatic heterocycles. The number of likely N-dealkylation sites (tertiary alicyclic amines) is 1. The molecule has 4 aliphatic rings. The van der Waals surface area contributed by atoms with Crippen LogP contribution in [-0.2, 0) is 44.8 Å². The maximum absolute atomic E-state index is 14.7. The number of rotatable bonds is 12. The molecule has 4 saturated heterocycles. The summed E-state index contributed by atoms with van der Waals surface area (Å²) in [5.41, 5.74) is -3.45. The number of nitrogens with zero attached hydrogens (tertiary/aromatic N) is 8. The van der Waals surface area contributed by atoms with E-state index in [1.807, 2.05) is 10.3 Å². The number of aromatic carboxylic acids is 2. The van der Waals surface area contributed by atoms with E-state index in [2.05, 4.69) is 25.1 Å². The lowest BCUT2D eigenvalue weighted by molar-refractivity contribution is -0.138. The minimum Gasteiger partial charge on any atom is -0.477 e. The van der Waals surface area contributed by atoms with Gasteiger partial charge in [-0.15, -0.1) is 72.5 Å².